The van der Waals surface area contributed by atoms with E-state index >= 15 is 0 Å². The number of benzene rings is 1. The van der Waals surface area contributed by atoms with Crippen LogP contribution in [-0.2, 0) is 6.61 Å². The Labute approximate surface area is 97.5 Å². The van der Waals surface area contributed by atoms with Crippen LogP contribution in [0.5, 0.6) is 5.75 Å². The maximum absolute atomic E-state index is 6.03. The average Bonchev–Trinajstić information content (AvgIpc) is 2.69. The van der Waals surface area contributed by atoms with Gasteiger partial charge in [0.1, 0.15) is 17.4 Å². The van der Waals surface area contributed by atoms with E-state index in [2.05, 4.69) is 4.98 Å². The van der Waals surface area contributed by atoms with Gasteiger partial charge in [-0.05, 0) is 24.6 Å². The molecule has 1 heterocycles. The molecule has 0 aliphatic carbocycles. The van der Waals surface area contributed by atoms with Gasteiger partial charge in [0.15, 0.2) is 0 Å². The Bertz CT molecular complexity index is 442. The lowest BCUT2D eigenvalue weighted by Gasteiger charge is -2.06. The number of ether oxygens (including phenoxy) is 1. The van der Waals surface area contributed by atoms with Crippen LogP contribution in [0.15, 0.2) is 29.8 Å². The fraction of sp³-hybridized carbons (Fsp3) is 0.182. The number of aromatic nitrogens is 1. The number of nitrogens with zero attached hydrogens (tertiary/aromatic N) is 1. The third kappa shape index (κ3) is 2.70. The van der Waals surface area contributed by atoms with Crippen LogP contribution in [0, 0.1) is 6.92 Å². The Morgan fingerprint density at radius 2 is 2.33 bits per heavy atom. The van der Waals surface area contributed by atoms with Crippen LogP contribution in [0.4, 0.5) is 0 Å². The number of thiazole rings is 1. The van der Waals surface area contributed by atoms with Gasteiger partial charge < -0.3 is 4.74 Å². The molecule has 0 saturated carbocycles. The second-order valence-electron chi connectivity index (χ2n) is 3.15. The van der Waals surface area contributed by atoms with Crippen molar-refractivity contribution < 1.29 is 4.74 Å². The van der Waals surface area contributed by atoms with Gasteiger partial charge in [0.25, 0.3) is 0 Å². The number of halogens is 1. The normalized spacial score (nSPS) is 10.3. The van der Waals surface area contributed by atoms with Crippen LogP contribution < -0.4 is 4.74 Å². The predicted octanol–water partition coefficient (Wildman–Crippen LogP) is 3.68. The van der Waals surface area contributed by atoms with E-state index in [0.29, 0.717) is 17.4 Å². The first-order valence-corrected chi connectivity index (χ1v) is 5.79. The molecular formula is C11H10ClNOS. The fourth-order valence-corrected chi connectivity index (χ4v) is 2.00. The SMILES string of the molecule is Cc1ccc(OCc2nccs2)c(Cl)c1. The van der Waals surface area contributed by atoms with Gasteiger partial charge >= 0.3 is 0 Å². The number of hydrogen-bond donors (Lipinski definition) is 0. The van der Waals surface area contributed by atoms with Gasteiger partial charge in [0, 0.05) is 11.6 Å². The summed E-state index contributed by atoms with van der Waals surface area (Å²) < 4.78 is 5.55. The van der Waals surface area contributed by atoms with Crippen molar-refractivity contribution in [2.75, 3.05) is 0 Å². The van der Waals surface area contributed by atoms with Crippen LogP contribution in [0.25, 0.3) is 0 Å². The van der Waals surface area contributed by atoms with Gasteiger partial charge in [-0.25, -0.2) is 4.98 Å². The van der Waals surface area contributed by atoms with Crippen molar-refractivity contribution in [1.29, 1.82) is 0 Å². The smallest absolute Gasteiger partial charge is 0.140 e. The van der Waals surface area contributed by atoms with Crippen molar-refractivity contribution in [3.8, 4) is 5.75 Å². The maximum Gasteiger partial charge on any atom is 0.140 e. The van der Waals surface area contributed by atoms with Crippen LogP contribution in [-0.4, -0.2) is 4.98 Å². The monoisotopic (exact) mass is 239 g/mol. The molecule has 2 nitrogen and oxygen atoms in total. The highest BCUT2D eigenvalue weighted by molar-refractivity contribution is 7.09. The molecule has 0 radical (unpaired) electrons. The van der Waals surface area contributed by atoms with E-state index in [1.165, 1.54) is 0 Å². The molecule has 78 valence electrons. The lowest BCUT2D eigenvalue weighted by atomic mass is 10.2. The summed E-state index contributed by atoms with van der Waals surface area (Å²) in [6.45, 7) is 2.47. The Morgan fingerprint density at radius 3 is 3.00 bits per heavy atom. The van der Waals surface area contributed by atoms with Crippen LogP contribution >= 0.6 is 22.9 Å². The van der Waals surface area contributed by atoms with Gasteiger partial charge in [0.2, 0.25) is 0 Å². The van der Waals surface area contributed by atoms with Crippen LogP contribution in [0.2, 0.25) is 5.02 Å². The Kier molecular flexibility index (Phi) is 3.23. The fourth-order valence-electron chi connectivity index (χ4n) is 1.19. The third-order valence-electron chi connectivity index (χ3n) is 1.92. The van der Waals surface area contributed by atoms with Crippen molar-refractivity contribution >= 4 is 22.9 Å². The summed E-state index contributed by atoms with van der Waals surface area (Å²) >= 11 is 7.60. The summed E-state index contributed by atoms with van der Waals surface area (Å²) in [5.41, 5.74) is 1.13. The van der Waals surface area contributed by atoms with E-state index in [0.717, 1.165) is 10.6 Å². The lowest BCUT2D eigenvalue weighted by Crippen LogP contribution is -1.95. The highest BCUT2D eigenvalue weighted by Crippen LogP contribution is 2.26. The van der Waals surface area contributed by atoms with E-state index < -0.39 is 0 Å². The first-order chi connectivity index (χ1) is 7.25. The second kappa shape index (κ2) is 4.64. The number of rotatable bonds is 3. The molecule has 2 rings (SSSR count). The maximum atomic E-state index is 6.03. The average molecular weight is 240 g/mol. The predicted molar refractivity (Wildman–Crippen MR) is 62.6 cm³/mol. The molecule has 2 aromatic rings. The molecule has 15 heavy (non-hydrogen) atoms. The molecule has 1 aromatic carbocycles. The molecule has 0 fully saturated rings. The summed E-state index contributed by atoms with van der Waals surface area (Å²) in [6, 6.07) is 5.74. The van der Waals surface area contributed by atoms with Crippen molar-refractivity contribution in [2.24, 2.45) is 0 Å². The molecule has 0 aliphatic heterocycles. The largest absolute Gasteiger partial charge is 0.485 e. The molecule has 0 spiro atoms. The molecular weight excluding hydrogens is 230 g/mol. The van der Waals surface area contributed by atoms with Crippen LogP contribution in [0.1, 0.15) is 10.6 Å². The summed E-state index contributed by atoms with van der Waals surface area (Å²) in [5, 5.41) is 3.52. The van der Waals surface area contributed by atoms with Gasteiger partial charge in [-0.1, -0.05) is 17.7 Å². The van der Waals surface area contributed by atoms with E-state index in [1.807, 2.05) is 30.5 Å². The summed E-state index contributed by atoms with van der Waals surface area (Å²) in [7, 11) is 0. The highest BCUT2D eigenvalue weighted by Gasteiger charge is 2.02. The van der Waals surface area contributed by atoms with Gasteiger partial charge in [-0.15, -0.1) is 11.3 Å². The molecule has 0 saturated heterocycles. The molecule has 0 bridgehead atoms. The molecule has 0 amide bonds. The lowest BCUT2D eigenvalue weighted by molar-refractivity contribution is 0.305. The second-order valence-corrected chi connectivity index (χ2v) is 4.53. The zero-order chi connectivity index (χ0) is 10.7. The molecule has 0 N–H and O–H groups in total. The zero-order valence-corrected chi connectivity index (χ0v) is 9.81. The number of hydrogen-bond acceptors (Lipinski definition) is 3. The van der Waals surface area contributed by atoms with Crippen molar-refractivity contribution in [3.05, 3.63) is 45.4 Å². The van der Waals surface area contributed by atoms with E-state index in [1.54, 1.807) is 17.5 Å². The topological polar surface area (TPSA) is 22.1 Å². The number of aryl methyl sites for hydroxylation is 1. The van der Waals surface area contributed by atoms with Crippen molar-refractivity contribution in [1.82, 2.24) is 4.98 Å². The molecule has 0 unspecified atom stereocenters. The molecule has 1 aromatic heterocycles. The first-order valence-electron chi connectivity index (χ1n) is 4.53. The van der Waals surface area contributed by atoms with Crippen LogP contribution in [0.3, 0.4) is 0 Å². The minimum atomic E-state index is 0.473. The minimum Gasteiger partial charge on any atom is -0.485 e. The minimum absolute atomic E-state index is 0.473. The van der Waals surface area contributed by atoms with E-state index in [9.17, 15) is 0 Å². The molecule has 4 heteroatoms. The standard InChI is InChI=1S/C11H10ClNOS/c1-8-2-3-10(9(12)6-8)14-7-11-13-4-5-15-11/h2-6H,7H2,1H3. The summed E-state index contributed by atoms with van der Waals surface area (Å²) in [5.74, 6) is 0.706. The Balaban J connectivity index is 2.05. The quantitative estimate of drug-likeness (QED) is 0.815. The van der Waals surface area contributed by atoms with Gasteiger partial charge in [0.05, 0.1) is 5.02 Å². The van der Waals surface area contributed by atoms with E-state index in [-0.39, 0.29) is 0 Å². The van der Waals surface area contributed by atoms with E-state index in [4.69, 9.17) is 16.3 Å². The van der Waals surface area contributed by atoms with Gasteiger partial charge in [-0.3, -0.25) is 0 Å². The van der Waals surface area contributed by atoms with Crippen molar-refractivity contribution in [2.45, 2.75) is 13.5 Å². The molecule has 0 aliphatic rings. The van der Waals surface area contributed by atoms with Crippen molar-refractivity contribution in [3.63, 3.8) is 0 Å². The first kappa shape index (κ1) is 10.5. The molecule has 0 atom stereocenters. The summed E-state index contributed by atoms with van der Waals surface area (Å²) in [4.78, 5) is 4.13. The Morgan fingerprint density at radius 1 is 1.47 bits per heavy atom. The summed E-state index contributed by atoms with van der Waals surface area (Å²) in [6.07, 6.45) is 1.76. The third-order valence-corrected chi connectivity index (χ3v) is 2.97. The van der Waals surface area contributed by atoms with Gasteiger partial charge in [-0.2, -0.15) is 0 Å². The zero-order valence-electron chi connectivity index (χ0n) is 8.24. The Hall–Kier alpha value is -1.06. The highest BCUT2D eigenvalue weighted by atomic mass is 35.5.